The van der Waals surface area contributed by atoms with Crippen LogP contribution < -0.4 is 18.9 Å². The van der Waals surface area contributed by atoms with Crippen molar-refractivity contribution in [1.29, 1.82) is 0 Å². The minimum Gasteiger partial charge on any atom is -0.449 e. The Morgan fingerprint density at radius 3 is 1.07 bits per heavy atom. The Hall–Kier alpha value is -4.48. The zero-order valence-electron chi connectivity index (χ0n) is 13.5. The summed E-state index contributed by atoms with van der Waals surface area (Å²) >= 11 is 0. The van der Waals surface area contributed by atoms with Crippen LogP contribution in [0.2, 0.25) is 0 Å². The normalized spacial score (nSPS) is 9.86. The standard InChI is InChI=1S/C16H10O12/c17-13(18)25-9-3-1-7(5-11(9)27-15(21)22)8-2-4-10(26-14(19)20)12(6-8)28-16(23)24/h1-6H,(H,17,18)(H,19,20)(H,21,22)(H,23,24). The van der Waals surface area contributed by atoms with Gasteiger partial charge in [0.15, 0.2) is 23.0 Å². The maximum atomic E-state index is 10.8. The van der Waals surface area contributed by atoms with E-state index >= 15 is 0 Å². The molecule has 0 saturated heterocycles. The van der Waals surface area contributed by atoms with Gasteiger partial charge in [0.1, 0.15) is 0 Å². The van der Waals surface area contributed by atoms with E-state index in [1.165, 1.54) is 12.1 Å². The van der Waals surface area contributed by atoms with E-state index in [0.29, 0.717) is 0 Å². The van der Waals surface area contributed by atoms with Crippen LogP contribution >= 0.6 is 0 Å². The fourth-order valence-electron chi connectivity index (χ4n) is 2.08. The minimum absolute atomic E-state index is 0.242. The quantitative estimate of drug-likeness (QED) is 0.427. The summed E-state index contributed by atoms with van der Waals surface area (Å²) in [6, 6.07) is 7.10. The van der Waals surface area contributed by atoms with Crippen LogP contribution in [-0.4, -0.2) is 45.0 Å². The van der Waals surface area contributed by atoms with E-state index in [0.717, 1.165) is 24.3 Å². The Morgan fingerprint density at radius 1 is 0.500 bits per heavy atom. The zero-order chi connectivity index (χ0) is 20.8. The van der Waals surface area contributed by atoms with Crippen LogP contribution in [0.5, 0.6) is 23.0 Å². The smallest absolute Gasteiger partial charge is 0.449 e. The molecule has 0 spiro atoms. The van der Waals surface area contributed by atoms with Crippen LogP contribution in [0.1, 0.15) is 0 Å². The summed E-state index contributed by atoms with van der Waals surface area (Å²) in [5.74, 6) is -1.68. The largest absolute Gasteiger partial charge is 0.511 e. The number of rotatable bonds is 5. The number of carbonyl (C=O) groups is 4. The van der Waals surface area contributed by atoms with Crippen LogP contribution in [0, 0.1) is 0 Å². The first-order chi connectivity index (χ1) is 13.2. The van der Waals surface area contributed by atoms with Crippen LogP contribution in [-0.2, 0) is 0 Å². The van der Waals surface area contributed by atoms with E-state index in [2.05, 4.69) is 18.9 Å². The Balaban J connectivity index is 2.50. The first-order valence-electron chi connectivity index (χ1n) is 7.07. The molecule has 0 saturated carbocycles. The second-order valence-electron chi connectivity index (χ2n) is 4.79. The van der Waals surface area contributed by atoms with Gasteiger partial charge in [-0.25, -0.2) is 19.2 Å². The Labute approximate surface area is 154 Å². The van der Waals surface area contributed by atoms with Gasteiger partial charge in [0.2, 0.25) is 0 Å². The highest BCUT2D eigenvalue weighted by atomic mass is 16.7. The minimum atomic E-state index is -1.73. The van der Waals surface area contributed by atoms with Crippen molar-refractivity contribution in [3.63, 3.8) is 0 Å². The fourth-order valence-corrected chi connectivity index (χ4v) is 2.08. The predicted octanol–water partition coefficient (Wildman–Crippen LogP) is 3.58. The molecule has 0 unspecified atom stereocenters. The molecule has 4 N–H and O–H groups in total. The predicted molar refractivity (Wildman–Crippen MR) is 86.5 cm³/mol. The Kier molecular flexibility index (Phi) is 5.86. The van der Waals surface area contributed by atoms with Crippen molar-refractivity contribution in [2.24, 2.45) is 0 Å². The van der Waals surface area contributed by atoms with Crippen LogP contribution in [0.4, 0.5) is 19.2 Å². The van der Waals surface area contributed by atoms with Gasteiger partial charge in [0.25, 0.3) is 0 Å². The molecule has 0 fully saturated rings. The first kappa shape index (κ1) is 19.8. The van der Waals surface area contributed by atoms with Gasteiger partial charge in [-0.05, 0) is 35.4 Å². The van der Waals surface area contributed by atoms with Gasteiger partial charge < -0.3 is 39.4 Å². The van der Waals surface area contributed by atoms with Gasteiger partial charge in [0, 0.05) is 0 Å². The Morgan fingerprint density at radius 2 is 0.786 bits per heavy atom. The molecule has 2 aromatic rings. The van der Waals surface area contributed by atoms with Gasteiger partial charge in [-0.1, -0.05) is 12.1 Å². The molecule has 0 aliphatic rings. The van der Waals surface area contributed by atoms with E-state index < -0.39 is 47.6 Å². The molecule has 146 valence electrons. The molecule has 2 rings (SSSR count). The number of carboxylic acid groups (broad SMARTS) is 4. The SMILES string of the molecule is O=C(O)Oc1ccc(-c2ccc(OC(=O)O)c(OC(=O)O)c2)cc1OC(=O)O. The van der Waals surface area contributed by atoms with E-state index in [9.17, 15) is 19.2 Å². The van der Waals surface area contributed by atoms with Gasteiger partial charge in [-0.3, -0.25) is 0 Å². The third-order valence-corrected chi connectivity index (χ3v) is 3.01. The lowest BCUT2D eigenvalue weighted by molar-refractivity contribution is 0.132. The molecule has 0 amide bonds. The van der Waals surface area contributed by atoms with Gasteiger partial charge in [0.05, 0.1) is 0 Å². The topological polar surface area (TPSA) is 186 Å². The summed E-state index contributed by atoms with van der Waals surface area (Å²) in [6.07, 6.45) is -6.86. The highest BCUT2D eigenvalue weighted by Gasteiger charge is 2.17. The van der Waals surface area contributed by atoms with E-state index in [4.69, 9.17) is 20.4 Å². The van der Waals surface area contributed by atoms with Crippen LogP contribution in [0.15, 0.2) is 36.4 Å². The summed E-state index contributed by atoms with van der Waals surface area (Å²) in [5.41, 5.74) is 0.484. The zero-order valence-corrected chi connectivity index (χ0v) is 13.5. The van der Waals surface area contributed by atoms with E-state index in [1.54, 1.807) is 0 Å². The lowest BCUT2D eigenvalue weighted by Crippen LogP contribution is -2.09. The van der Waals surface area contributed by atoms with Gasteiger partial charge in [-0.15, -0.1) is 0 Å². The van der Waals surface area contributed by atoms with Crippen molar-refractivity contribution in [2.75, 3.05) is 0 Å². The van der Waals surface area contributed by atoms with Gasteiger partial charge >= 0.3 is 24.6 Å². The molecule has 28 heavy (non-hydrogen) atoms. The summed E-state index contributed by atoms with van der Waals surface area (Å²) in [4.78, 5) is 42.9. The van der Waals surface area contributed by atoms with Crippen LogP contribution in [0.25, 0.3) is 11.1 Å². The molecule has 12 nitrogen and oxygen atoms in total. The molecule has 0 aromatic heterocycles. The third kappa shape index (κ3) is 5.26. The molecular formula is C16H10O12. The highest BCUT2D eigenvalue weighted by Crippen LogP contribution is 2.37. The maximum Gasteiger partial charge on any atom is 0.511 e. The lowest BCUT2D eigenvalue weighted by Gasteiger charge is -2.11. The molecule has 0 aliphatic heterocycles. The maximum absolute atomic E-state index is 10.8. The van der Waals surface area contributed by atoms with Crippen molar-refractivity contribution in [3.05, 3.63) is 36.4 Å². The number of hydrogen-bond acceptors (Lipinski definition) is 8. The molecule has 0 bridgehead atoms. The second kappa shape index (κ2) is 8.27. The average Bonchev–Trinajstić information content (AvgIpc) is 2.56. The summed E-state index contributed by atoms with van der Waals surface area (Å²) in [7, 11) is 0. The summed E-state index contributed by atoms with van der Waals surface area (Å²) < 4.78 is 17.8. The van der Waals surface area contributed by atoms with Crippen LogP contribution in [0.3, 0.4) is 0 Å². The van der Waals surface area contributed by atoms with Crippen molar-refractivity contribution in [3.8, 4) is 34.1 Å². The summed E-state index contributed by atoms with van der Waals surface area (Å²) in [6.45, 7) is 0. The molecule has 0 radical (unpaired) electrons. The number of benzene rings is 2. The number of hydrogen-bond donors (Lipinski definition) is 4. The van der Waals surface area contributed by atoms with Crippen molar-refractivity contribution >= 4 is 24.6 Å². The fraction of sp³-hybridized carbons (Fsp3) is 0. The molecule has 2 aromatic carbocycles. The van der Waals surface area contributed by atoms with E-state index in [-0.39, 0.29) is 11.1 Å². The second-order valence-corrected chi connectivity index (χ2v) is 4.79. The van der Waals surface area contributed by atoms with Crippen molar-refractivity contribution in [2.45, 2.75) is 0 Å². The molecule has 12 heteroatoms. The summed E-state index contributed by atoms with van der Waals surface area (Å²) in [5, 5.41) is 34.9. The first-order valence-corrected chi connectivity index (χ1v) is 7.07. The van der Waals surface area contributed by atoms with E-state index in [1.807, 2.05) is 0 Å². The van der Waals surface area contributed by atoms with Crippen molar-refractivity contribution in [1.82, 2.24) is 0 Å². The highest BCUT2D eigenvalue weighted by molar-refractivity contribution is 5.75. The average molecular weight is 394 g/mol. The monoisotopic (exact) mass is 394 g/mol. The number of ether oxygens (including phenoxy) is 4. The molecule has 0 heterocycles. The molecular weight excluding hydrogens is 384 g/mol. The molecule has 0 aliphatic carbocycles. The third-order valence-electron chi connectivity index (χ3n) is 3.01. The lowest BCUT2D eigenvalue weighted by atomic mass is 10.0. The Bertz CT molecular complexity index is 871. The van der Waals surface area contributed by atoms with Crippen molar-refractivity contribution < 1.29 is 58.6 Å². The molecule has 0 atom stereocenters. The van der Waals surface area contributed by atoms with Gasteiger partial charge in [-0.2, -0.15) is 0 Å².